The van der Waals surface area contributed by atoms with E-state index in [-0.39, 0.29) is 5.75 Å². The summed E-state index contributed by atoms with van der Waals surface area (Å²) < 4.78 is 0. The standard InChI is InChI=1S/C9H7ClN2OS/c10-5-1-2-6(8(13)3-5)7-4-14-9(11)12-7/h1-4,13H,(H2,11,12). The van der Waals surface area contributed by atoms with E-state index in [1.807, 2.05) is 0 Å². The third kappa shape index (κ3) is 1.66. The molecule has 3 nitrogen and oxygen atoms in total. The van der Waals surface area contributed by atoms with Crippen molar-refractivity contribution in [3.05, 3.63) is 28.6 Å². The molecule has 0 atom stereocenters. The largest absolute Gasteiger partial charge is 0.507 e. The summed E-state index contributed by atoms with van der Waals surface area (Å²) in [6.45, 7) is 0. The number of nitrogen functional groups attached to an aromatic ring is 1. The Labute approximate surface area is 89.8 Å². The maximum atomic E-state index is 9.59. The molecule has 0 aliphatic rings. The van der Waals surface area contributed by atoms with Gasteiger partial charge in [-0.3, -0.25) is 0 Å². The summed E-state index contributed by atoms with van der Waals surface area (Å²) >= 11 is 7.04. The number of anilines is 1. The van der Waals surface area contributed by atoms with E-state index in [0.717, 1.165) is 0 Å². The molecule has 0 saturated heterocycles. The Hall–Kier alpha value is -1.26. The van der Waals surface area contributed by atoms with E-state index in [4.69, 9.17) is 17.3 Å². The number of benzene rings is 1. The molecule has 0 bridgehead atoms. The molecule has 0 unspecified atom stereocenters. The molecule has 14 heavy (non-hydrogen) atoms. The van der Waals surface area contributed by atoms with Crippen LogP contribution in [-0.4, -0.2) is 10.1 Å². The van der Waals surface area contributed by atoms with Gasteiger partial charge in [0.15, 0.2) is 5.13 Å². The molecular weight excluding hydrogens is 220 g/mol. The van der Waals surface area contributed by atoms with Crippen LogP contribution in [0.25, 0.3) is 11.3 Å². The van der Waals surface area contributed by atoms with E-state index in [0.29, 0.717) is 21.4 Å². The molecule has 0 fully saturated rings. The van der Waals surface area contributed by atoms with E-state index in [1.54, 1.807) is 17.5 Å². The third-order valence-corrected chi connectivity index (χ3v) is 2.67. The number of nitrogens with two attached hydrogens (primary N) is 1. The Morgan fingerprint density at radius 3 is 2.79 bits per heavy atom. The van der Waals surface area contributed by atoms with Crippen molar-refractivity contribution < 1.29 is 5.11 Å². The Balaban J connectivity index is 2.52. The normalized spacial score (nSPS) is 10.4. The van der Waals surface area contributed by atoms with Gasteiger partial charge < -0.3 is 10.8 Å². The summed E-state index contributed by atoms with van der Waals surface area (Å²) in [6, 6.07) is 4.89. The summed E-state index contributed by atoms with van der Waals surface area (Å²) in [5.74, 6) is 0.114. The zero-order valence-corrected chi connectivity index (χ0v) is 8.64. The van der Waals surface area contributed by atoms with Crippen LogP contribution in [0.5, 0.6) is 5.75 Å². The van der Waals surface area contributed by atoms with Gasteiger partial charge in [-0.1, -0.05) is 11.6 Å². The van der Waals surface area contributed by atoms with Gasteiger partial charge in [-0.25, -0.2) is 4.98 Å². The molecule has 72 valence electrons. The summed E-state index contributed by atoms with van der Waals surface area (Å²) in [7, 11) is 0. The number of nitrogens with zero attached hydrogens (tertiary/aromatic N) is 1. The van der Waals surface area contributed by atoms with E-state index in [2.05, 4.69) is 4.98 Å². The molecule has 0 radical (unpaired) electrons. The van der Waals surface area contributed by atoms with Crippen LogP contribution >= 0.6 is 22.9 Å². The van der Waals surface area contributed by atoms with Crippen LogP contribution in [0.4, 0.5) is 5.13 Å². The lowest BCUT2D eigenvalue weighted by Gasteiger charge is -2.00. The number of hydrogen-bond donors (Lipinski definition) is 2. The van der Waals surface area contributed by atoms with Gasteiger partial charge in [0.25, 0.3) is 0 Å². The summed E-state index contributed by atoms with van der Waals surface area (Å²) in [5, 5.41) is 12.4. The first kappa shape index (κ1) is 9.30. The van der Waals surface area contributed by atoms with Crippen molar-refractivity contribution >= 4 is 28.1 Å². The predicted octanol–water partition coefficient (Wildman–Crippen LogP) is 2.75. The van der Waals surface area contributed by atoms with E-state index < -0.39 is 0 Å². The van der Waals surface area contributed by atoms with Crippen molar-refractivity contribution in [1.82, 2.24) is 4.98 Å². The second-order valence-electron chi connectivity index (χ2n) is 2.73. The number of phenolic OH excluding ortho intramolecular Hbond substituents is 1. The van der Waals surface area contributed by atoms with E-state index in [9.17, 15) is 5.11 Å². The first-order valence-electron chi connectivity index (χ1n) is 3.87. The number of rotatable bonds is 1. The van der Waals surface area contributed by atoms with E-state index in [1.165, 1.54) is 17.4 Å². The molecule has 0 aliphatic carbocycles. The lowest BCUT2D eigenvalue weighted by molar-refractivity contribution is 0.477. The minimum atomic E-state index is 0.114. The lowest BCUT2D eigenvalue weighted by atomic mass is 10.1. The average Bonchev–Trinajstić information content (AvgIpc) is 2.51. The zero-order valence-electron chi connectivity index (χ0n) is 7.07. The highest BCUT2D eigenvalue weighted by Crippen LogP contribution is 2.32. The highest BCUT2D eigenvalue weighted by Gasteiger charge is 2.07. The number of thiazole rings is 1. The van der Waals surface area contributed by atoms with Crippen molar-refractivity contribution in [3.8, 4) is 17.0 Å². The summed E-state index contributed by atoms with van der Waals surface area (Å²) in [4.78, 5) is 4.06. The van der Waals surface area contributed by atoms with Crippen LogP contribution in [0, 0.1) is 0 Å². The van der Waals surface area contributed by atoms with E-state index >= 15 is 0 Å². The number of aromatic hydroxyl groups is 1. The lowest BCUT2D eigenvalue weighted by Crippen LogP contribution is -1.83. The summed E-state index contributed by atoms with van der Waals surface area (Å²) in [5.41, 5.74) is 6.80. The van der Waals surface area contributed by atoms with Crippen molar-refractivity contribution in [2.24, 2.45) is 0 Å². The highest BCUT2D eigenvalue weighted by molar-refractivity contribution is 7.13. The second kappa shape index (κ2) is 3.48. The van der Waals surface area contributed by atoms with Gasteiger partial charge in [0.2, 0.25) is 0 Å². The van der Waals surface area contributed by atoms with Gasteiger partial charge in [0, 0.05) is 16.0 Å². The minimum absolute atomic E-state index is 0.114. The topological polar surface area (TPSA) is 59.1 Å². The Morgan fingerprint density at radius 2 is 2.21 bits per heavy atom. The monoisotopic (exact) mass is 226 g/mol. The number of aromatic nitrogens is 1. The average molecular weight is 227 g/mol. The van der Waals surface area contributed by atoms with Gasteiger partial charge in [-0.15, -0.1) is 11.3 Å². The van der Waals surface area contributed by atoms with Crippen molar-refractivity contribution in [1.29, 1.82) is 0 Å². The number of phenols is 1. The molecule has 3 N–H and O–H groups in total. The molecule has 1 heterocycles. The van der Waals surface area contributed by atoms with Crippen LogP contribution in [-0.2, 0) is 0 Å². The fourth-order valence-electron chi connectivity index (χ4n) is 1.13. The molecule has 0 aliphatic heterocycles. The first-order valence-corrected chi connectivity index (χ1v) is 5.12. The Bertz CT molecular complexity index is 470. The fraction of sp³-hybridized carbons (Fsp3) is 0. The highest BCUT2D eigenvalue weighted by atomic mass is 35.5. The van der Waals surface area contributed by atoms with Crippen LogP contribution in [0.1, 0.15) is 0 Å². The van der Waals surface area contributed by atoms with Crippen molar-refractivity contribution in [2.45, 2.75) is 0 Å². The molecular formula is C9H7ClN2OS. The van der Waals surface area contributed by atoms with Gasteiger partial charge >= 0.3 is 0 Å². The van der Waals surface area contributed by atoms with Crippen LogP contribution in [0.15, 0.2) is 23.6 Å². The molecule has 1 aromatic heterocycles. The molecule has 2 aromatic rings. The van der Waals surface area contributed by atoms with Gasteiger partial charge in [-0.2, -0.15) is 0 Å². The smallest absolute Gasteiger partial charge is 0.180 e. The third-order valence-electron chi connectivity index (χ3n) is 1.76. The molecule has 2 rings (SSSR count). The van der Waals surface area contributed by atoms with Crippen LogP contribution < -0.4 is 5.73 Å². The molecule has 0 amide bonds. The van der Waals surface area contributed by atoms with Crippen LogP contribution in [0.3, 0.4) is 0 Å². The predicted molar refractivity (Wildman–Crippen MR) is 58.6 cm³/mol. The molecule has 0 saturated carbocycles. The van der Waals surface area contributed by atoms with Gasteiger partial charge in [0.1, 0.15) is 5.75 Å². The quantitative estimate of drug-likeness (QED) is 0.786. The van der Waals surface area contributed by atoms with Crippen molar-refractivity contribution in [3.63, 3.8) is 0 Å². The van der Waals surface area contributed by atoms with Crippen LogP contribution in [0.2, 0.25) is 5.02 Å². The number of hydrogen-bond acceptors (Lipinski definition) is 4. The Morgan fingerprint density at radius 1 is 1.43 bits per heavy atom. The van der Waals surface area contributed by atoms with Crippen molar-refractivity contribution in [2.75, 3.05) is 5.73 Å². The maximum absolute atomic E-state index is 9.59. The number of halogens is 1. The van der Waals surface area contributed by atoms with Gasteiger partial charge in [0.05, 0.1) is 5.69 Å². The fourth-order valence-corrected chi connectivity index (χ4v) is 1.86. The molecule has 5 heteroatoms. The molecule has 1 aromatic carbocycles. The minimum Gasteiger partial charge on any atom is -0.507 e. The van der Waals surface area contributed by atoms with Gasteiger partial charge in [-0.05, 0) is 18.2 Å². The summed E-state index contributed by atoms with van der Waals surface area (Å²) in [6.07, 6.45) is 0. The second-order valence-corrected chi connectivity index (χ2v) is 4.06. The SMILES string of the molecule is Nc1nc(-c2ccc(Cl)cc2O)cs1. The molecule has 0 spiro atoms. The maximum Gasteiger partial charge on any atom is 0.180 e. The Kier molecular flexibility index (Phi) is 2.31. The zero-order chi connectivity index (χ0) is 10.1. The first-order chi connectivity index (χ1) is 6.66.